The first kappa shape index (κ1) is 13.7. The van der Waals surface area contributed by atoms with Crippen LogP contribution in [0.1, 0.15) is 24.5 Å². The maximum Gasteiger partial charge on any atom is 0.267 e. The molecule has 0 atom stereocenters. The number of nitrogens with one attached hydrogen (secondary N) is 1. The van der Waals surface area contributed by atoms with E-state index in [1.165, 1.54) is 10.7 Å². The molecule has 19 heavy (non-hydrogen) atoms. The second-order valence-electron chi connectivity index (χ2n) is 5.18. The second kappa shape index (κ2) is 5.97. The minimum absolute atomic E-state index is 0.00712. The van der Waals surface area contributed by atoms with Crippen molar-refractivity contribution in [3.63, 3.8) is 0 Å². The molecule has 0 bridgehead atoms. The van der Waals surface area contributed by atoms with Crippen LogP contribution in [0.5, 0.6) is 0 Å². The van der Waals surface area contributed by atoms with Crippen LogP contribution in [0.3, 0.4) is 0 Å². The van der Waals surface area contributed by atoms with E-state index in [0.29, 0.717) is 12.5 Å². The topological polar surface area (TPSA) is 67.2 Å². The van der Waals surface area contributed by atoms with E-state index < -0.39 is 0 Å². The number of hydrogen-bond acceptors (Lipinski definition) is 4. The largest absolute Gasteiger partial charge is 0.353 e. The Bertz CT molecular complexity index is 506. The molecular formula is C13H20N4O2. The molecule has 1 aromatic heterocycles. The van der Waals surface area contributed by atoms with E-state index >= 15 is 0 Å². The molecule has 1 aliphatic rings. The number of carbonyl (C=O) groups excluding carboxylic acids is 1. The highest BCUT2D eigenvalue weighted by atomic mass is 16.2. The summed E-state index contributed by atoms with van der Waals surface area (Å²) in [5.74, 6) is 0.299. The smallest absolute Gasteiger partial charge is 0.267 e. The van der Waals surface area contributed by atoms with E-state index in [2.05, 4.69) is 10.4 Å². The number of hydrogen-bond donors (Lipinski definition) is 1. The van der Waals surface area contributed by atoms with Crippen molar-refractivity contribution in [1.82, 2.24) is 20.0 Å². The molecule has 1 N–H and O–H groups in total. The molecule has 2 rings (SSSR count). The third-order valence-electron chi connectivity index (χ3n) is 3.06. The molecule has 0 unspecified atom stereocenters. The molecule has 1 saturated carbocycles. The molecule has 6 heteroatoms. The van der Waals surface area contributed by atoms with Crippen molar-refractivity contribution in [1.29, 1.82) is 0 Å². The Morgan fingerprint density at radius 1 is 1.47 bits per heavy atom. The number of likely N-dealkylation sites (N-methyl/N-ethyl adjacent to an activating group) is 1. The second-order valence-corrected chi connectivity index (χ2v) is 5.18. The van der Waals surface area contributed by atoms with E-state index in [4.69, 9.17) is 0 Å². The van der Waals surface area contributed by atoms with Crippen LogP contribution in [0.15, 0.2) is 16.9 Å². The van der Waals surface area contributed by atoms with Gasteiger partial charge in [-0.1, -0.05) is 0 Å². The van der Waals surface area contributed by atoms with Crippen molar-refractivity contribution in [2.45, 2.75) is 25.3 Å². The lowest BCUT2D eigenvalue weighted by Gasteiger charge is -2.11. The quantitative estimate of drug-likeness (QED) is 0.772. The summed E-state index contributed by atoms with van der Waals surface area (Å²) < 4.78 is 1.25. The van der Waals surface area contributed by atoms with E-state index in [9.17, 15) is 9.59 Å². The molecule has 1 fully saturated rings. The molecule has 0 spiro atoms. The molecule has 1 amide bonds. The van der Waals surface area contributed by atoms with Gasteiger partial charge in [-0.25, -0.2) is 4.68 Å². The van der Waals surface area contributed by atoms with Crippen LogP contribution in [0, 0.1) is 0 Å². The zero-order valence-corrected chi connectivity index (χ0v) is 11.4. The van der Waals surface area contributed by atoms with Crippen molar-refractivity contribution in [2.24, 2.45) is 0 Å². The van der Waals surface area contributed by atoms with Gasteiger partial charge in [0.1, 0.15) is 6.54 Å². The highest BCUT2D eigenvalue weighted by Gasteiger charge is 2.25. The molecule has 1 aliphatic carbocycles. The Kier molecular flexibility index (Phi) is 4.31. The number of rotatable bonds is 6. The third kappa shape index (κ3) is 4.17. The van der Waals surface area contributed by atoms with Gasteiger partial charge in [0.05, 0.1) is 5.69 Å². The fourth-order valence-corrected chi connectivity index (χ4v) is 1.79. The van der Waals surface area contributed by atoms with Gasteiger partial charge in [0.25, 0.3) is 5.56 Å². The van der Waals surface area contributed by atoms with Gasteiger partial charge >= 0.3 is 0 Å². The van der Waals surface area contributed by atoms with Crippen LogP contribution in [-0.2, 0) is 11.3 Å². The lowest BCUT2D eigenvalue weighted by Crippen LogP contribution is -2.36. The van der Waals surface area contributed by atoms with Crippen LogP contribution in [0.2, 0.25) is 0 Å². The van der Waals surface area contributed by atoms with Gasteiger partial charge in [0.15, 0.2) is 0 Å². The number of amides is 1. The maximum atomic E-state index is 11.7. The number of nitrogens with zero attached hydrogens (tertiary/aromatic N) is 3. The lowest BCUT2D eigenvalue weighted by atomic mass is 10.3. The minimum Gasteiger partial charge on any atom is -0.353 e. The normalized spacial score (nSPS) is 14.7. The molecule has 0 aromatic carbocycles. The first-order valence-electron chi connectivity index (χ1n) is 6.56. The van der Waals surface area contributed by atoms with E-state index in [1.54, 1.807) is 6.07 Å². The molecule has 1 aromatic rings. The predicted molar refractivity (Wildman–Crippen MR) is 72.0 cm³/mol. The summed E-state index contributed by atoms with van der Waals surface area (Å²) in [7, 11) is 3.88. The average molecular weight is 264 g/mol. The predicted octanol–water partition coefficient (Wildman–Crippen LogP) is -0.201. The third-order valence-corrected chi connectivity index (χ3v) is 3.06. The first-order chi connectivity index (χ1) is 9.06. The molecule has 0 aliphatic heterocycles. The number of carbonyl (C=O) groups is 1. The Balaban J connectivity index is 1.92. The van der Waals surface area contributed by atoms with Crippen LogP contribution < -0.4 is 10.9 Å². The van der Waals surface area contributed by atoms with Crippen molar-refractivity contribution >= 4 is 5.91 Å². The van der Waals surface area contributed by atoms with Gasteiger partial charge in [0.2, 0.25) is 5.91 Å². The van der Waals surface area contributed by atoms with E-state index in [-0.39, 0.29) is 18.0 Å². The summed E-state index contributed by atoms with van der Waals surface area (Å²) >= 11 is 0. The lowest BCUT2D eigenvalue weighted by molar-refractivity contribution is -0.121. The van der Waals surface area contributed by atoms with Gasteiger partial charge in [0, 0.05) is 25.1 Å². The highest BCUT2D eigenvalue weighted by molar-refractivity contribution is 5.75. The van der Waals surface area contributed by atoms with Crippen molar-refractivity contribution in [2.75, 3.05) is 27.2 Å². The first-order valence-corrected chi connectivity index (χ1v) is 6.56. The Morgan fingerprint density at radius 2 is 2.21 bits per heavy atom. The summed E-state index contributed by atoms with van der Waals surface area (Å²) in [5, 5.41) is 7.02. The monoisotopic (exact) mass is 264 g/mol. The molecule has 104 valence electrons. The van der Waals surface area contributed by atoms with Crippen LogP contribution in [0.4, 0.5) is 0 Å². The molecule has 6 nitrogen and oxygen atoms in total. The van der Waals surface area contributed by atoms with Crippen LogP contribution in [0.25, 0.3) is 0 Å². The zero-order valence-electron chi connectivity index (χ0n) is 11.4. The van der Waals surface area contributed by atoms with Gasteiger partial charge in [-0.05, 0) is 33.0 Å². The Labute approximate surface area is 112 Å². The summed E-state index contributed by atoms with van der Waals surface area (Å²) in [6.07, 6.45) is 2.25. The fraction of sp³-hybridized carbons (Fsp3) is 0.615. The van der Waals surface area contributed by atoms with Gasteiger partial charge in [-0.15, -0.1) is 0 Å². The van der Waals surface area contributed by atoms with Crippen LogP contribution in [-0.4, -0.2) is 47.8 Å². The summed E-state index contributed by atoms with van der Waals surface area (Å²) in [5.41, 5.74) is 0.688. The maximum absolute atomic E-state index is 11.7. The molecule has 1 heterocycles. The fourth-order valence-electron chi connectivity index (χ4n) is 1.79. The van der Waals surface area contributed by atoms with Gasteiger partial charge in [-0.3, -0.25) is 9.59 Å². The van der Waals surface area contributed by atoms with Gasteiger partial charge < -0.3 is 10.2 Å². The molecule has 0 radical (unpaired) electrons. The van der Waals surface area contributed by atoms with Crippen LogP contribution >= 0.6 is 0 Å². The number of aromatic nitrogens is 2. The summed E-state index contributed by atoms with van der Waals surface area (Å²) in [6, 6.07) is 3.26. The van der Waals surface area contributed by atoms with E-state index in [0.717, 1.165) is 25.1 Å². The zero-order chi connectivity index (χ0) is 13.8. The van der Waals surface area contributed by atoms with Crippen molar-refractivity contribution in [3.8, 4) is 0 Å². The Hall–Kier alpha value is -1.69. The summed E-state index contributed by atoms with van der Waals surface area (Å²) in [6.45, 7) is 1.34. The highest BCUT2D eigenvalue weighted by Crippen LogP contribution is 2.38. The standard InChI is InChI=1S/C13H20N4O2/c1-16(2)8-7-14-12(18)9-17-13(19)6-5-11(15-17)10-3-4-10/h5-6,10H,3-4,7-9H2,1-2H3,(H,14,18). The van der Waals surface area contributed by atoms with E-state index in [1.807, 2.05) is 19.0 Å². The minimum atomic E-state index is -0.229. The average Bonchev–Trinajstić information content (AvgIpc) is 3.15. The SMILES string of the molecule is CN(C)CCNC(=O)Cn1nc(C2CC2)ccc1=O. The molecule has 0 saturated heterocycles. The molecular weight excluding hydrogens is 244 g/mol. The van der Waals surface area contributed by atoms with Crippen molar-refractivity contribution < 1.29 is 4.79 Å². The van der Waals surface area contributed by atoms with Gasteiger partial charge in [-0.2, -0.15) is 5.10 Å². The summed E-state index contributed by atoms with van der Waals surface area (Å²) in [4.78, 5) is 25.3. The Morgan fingerprint density at radius 3 is 2.84 bits per heavy atom. The van der Waals surface area contributed by atoms with Crippen molar-refractivity contribution in [3.05, 3.63) is 28.2 Å².